The third kappa shape index (κ3) is 3.48. The molecule has 2 aromatic rings. The van der Waals surface area contributed by atoms with Gasteiger partial charge in [-0.15, -0.1) is 0 Å². The molecule has 0 bridgehead atoms. The molecule has 24 heavy (non-hydrogen) atoms. The first-order chi connectivity index (χ1) is 11.5. The van der Waals surface area contributed by atoms with Gasteiger partial charge in [0.25, 0.3) is 0 Å². The molecule has 2 heterocycles. The van der Waals surface area contributed by atoms with Crippen LogP contribution in [0, 0.1) is 5.92 Å². The highest BCUT2D eigenvalue weighted by atomic mass is 16.1. The minimum atomic E-state index is -0.202. The molecule has 0 atom stereocenters. The van der Waals surface area contributed by atoms with E-state index in [1.165, 1.54) is 0 Å². The standard InChI is InChI=1S/C18H23N5O/c1-22(2)16-5-3-4-14(10-16)15-11-20-18(21-12-15)23-8-6-13(7-9-23)17(19)24/h3-5,10-13H,6-9H2,1-2H3,(H2,19,24). The van der Waals surface area contributed by atoms with Gasteiger partial charge in [0.1, 0.15) is 0 Å². The van der Waals surface area contributed by atoms with Gasteiger partial charge in [0.2, 0.25) is 11.9 Å². The summed E-state index contributed by atoms with van der Waals surface area (Å²) in [6.45, 7) is 1.53. The first-order valence-electron chi connectivity index (χ1n) is 8.18. The summed E-state index contributed by atoms with van der Waals surface area (Å²) in [7, 11) is 4.04. The quantitative estimate of drug-likeness (QED) is 0.929. The van der Waals surface area contributed by atoms with Crippen LogP contribution in [0.25, 0.3) is 11.1 Å². The van der Waals surface area contributed by atoms with Crippen molar-refractivity contribution in [3.8, 4) is 11.1 Å². The van der Waals surface area contributed by atoms with E-state index in [4.69, 9.17) is 5.73 Å². The minimum absolute atomic E-state index is 0.0192. The number of nitrogens with two attached hydrogens (primary N) is 1. The molecule has 1 saturated heterocycles. The van der Waals surface area contributed by atoms with E-state index in [2.05, 4.69) is 38.0 Å². The van der Waals surface area contributed by atoms with Crippen LogP contribution in [-0.2, 0) is 4.79 Å². The first-order valence-corrected chi connectivity index (χ1v) is 8.18. The number of piperidine rings is 1. The van der Waals surface area contributed by atoms with Gasteiger partial charge in [-0.05, 0) is 30.5 Å². The lowest BCUT2D eigenvalue weighted by Gasteiger charge is -2.30. The van der Waals surface area contributed by atoms with Crippen molar-refractivity contribution in [2.45, 2.75) is 12.8 Å². The molecule has 1 aromatic carbocycles. The minimum Gasteiger partial charge on any atom is -0.378 e. The molecule has 1 aromatic heterocycles. The predicted molar refractivity (Wildman–Crippen MR) is 95.9 cm³/mol. The second-order valence-corrected chi connectivity index (χ2v) is 6.38. The Kier molecular flexibility index (Phi) is 4.64. The zero-order valence-electron chi connectivity index (χ0n) is 14.1. The number of benzene rings is 1. The largest absolute Gasteiger partial charge is 0.378 e. The Labute approximate surface area is 142 Å². The van der Waals surface area contributed by atoms with Gasteiger partial charge in [0.15, 0.2) is 0 Å². The molecule has 0 saturated carbocycles. The molecule has 126 valence electrons. The van der Waals surface area contributed by atoms with Crippen LogP contribution >= 0.6 is 0 Å². The van der Waals surface area contributed by atoms with Gasteiger partial charge in [-0.25, -0.2) is 9.97 Å². The third-order valence-electron chi connectivity index (χ3n) is 4.51. The Bertz CT molecular complexity index is 706. The van der Waals surface area contributed by atoms with Crippen LogP contribution in [0.1, 0.15) is 12.8 Å². The number of anilines is 2. The fourth-order valence-electron chi connectivity index (χ4n) is 2.96. The Morgan fingerprint density at radius 1 is 1.17 bits per heavy atom. The molecule has 0 radical (unpaired) electrons. The number of carbonyl (C=O) groups is 1. The Morgan fingerprint density at radius 3 is 2.42 bits per heavy atom. The molecule has 6 nitrogen and oxygen atoms in total. The molecule has 0 spiro atoms. The smallest absolute Gasteiger partial charge is 0.225 e. The van der Waals surface area contributed by atoms with Gasteiger partial charge in [0.05, 0.1) is 0 Å². The number of hydrogen-bond acceptors (Lipinski definition) is 5. The number of aromatic nitrogens is 2. The van der Waals surface area contributed by atoms with Crippen LogP contribution in [0.2, 0.25) is 0 Å². The van der Waals surface area contributed by atoms with Gasteiger partial charge in [-0.3, -0.25) is 4.79 Å². The van der Waals surface area contributed by atoms with Crippen molar-refractivity contribution in [1.82, 2.24) is 9.97 Å². The fourth-order valence-corrected chi connectivity index (χ4v) is 2.96. The van der Waals surface area contributed by atoms with E-state index in [9.17, 15) is 4.79 Å². The zero-order valence-corrected chi connectivity index (χ0v) is 14.1. The van der Waals surface area contributed by atoms with Gasteiger partial charge in [0, 0.05) is 56.7 Å². The summed E-state index contributed by atoms with van der Waals surface area (Å²) >= 11 is 0. The van der Waals surface area contributed by atoms with Crippen molar-refractivity contribution in [3.05, 3.63) is 36.7 Å². The van der Waals surface area contributed by atoms with Crippen molar-refractivity contribution in [2.75, 3.05) is 37.0 Å². The van der Waals surface area contributed by atoms with E-state index >= 15 is 0 Å². The average Bonchev–Trinajstić information content (AvgIpc) is 2.62. The maximum atomic E-state index is 11.2. The highest BCUT2D eigenvalue weighted by Gasteiger charge is 2.24. The summed E-state index contributed by atoms with van der Waals surface area (Å²) in [5, 5.41) is 0. The SMILES string of the molecule is CN(C)c1cccc(-c2cnc(N3CCC(C(N)=O)CC3)nc2)c1. The zero-order chi connectivity index (χ0) is 17.1. The maximum Gasteiger partial charge on any atom is 0.225 e. The summed E-state index contributed by atoms with van der Waals surface area (Å²) in [4.78, 5) is 24.4. The summed E-state index contributed by atoms with van der Waals surface area (Å²) in [6.07, 6.45) is 5.26. The van der Waals surface area contributed by atoms with Crippen LogP contribution in [0.15, 0.2) is 36.7 Å². The monoisotopic (exact) mass is 325 g/mol. The number of amides is 1. The van der Waals surface area contributed by atoms with Crippen molar-refractivity contribution in [3.63, 3.8) is 0 Å². The summed E-state index contributed by atoms with van der Waals surface area (Å²) in [6, 6.07) is 8.29. The van der Waals surface area contributed by atoms with E-state index in [0.717, 1.165) is 42.7 Å². The van der Waals surface area contributed by atoms with Crippen LogP contribution < -0.4 is 15.5 Å². The number of nitrogens with zero attached hydrogens (tertiary/aromatic N) is 4. The van der Waals surface area contributed by atoms with E-state index in [0.29, 0.717) is 5.95 Å². The van der Waals surface area contributed by atoms with Gasteiger partial charge in [-0.2, -0.15) is 0 Å². The molecule has 6 heteroatoms. The average molecular weight is 325 g/mol. The number of carbonyl (C=O) groups excluding carboxylic acids is 1. The van der Waals surface area contributed by atoms with Gasteiger partial charge in [-0.1, -0.05) is 12.1 Å². The van der Waals surface area contributed by atoms with Crippen molar-refractivity contribution < 1.29 is 4.79 Å². The van der Waals surface area contributed by atoms with Crippen LogP contribution in [0.5, 0.6) is 0 Å². The summed E-state index contributed by atoms with van der Waals surface area (Å²) in [5.41, 5.74) is 8.61. The number of primary amides is 1. The number of hydrogen-bond donors (Lipinski definition) is 1. The molecule has 1 aliphatic rings. The third-order valence-corrected chi connectivity index (χ3v) is 4.51. The predicted octanol–water partition coefficient (Wildman–Crippen LogP) is 1.91. The fraction of sp³-hybridized carbons (Fsp3) is 0.389. The molecule has 1 aliphatic heterocycles. The molecular formula is C18H23N5O. The van der Waals surface area contributed by atoms with Crippen molar-refractivity contribution >= 4 is 17.5 Å². The van der Waals surface area contributed by atoms with Gasteiger partial charge < -0.3 is 15.5 Å². The van der Waals surface area contributed by atoms with E-state index in [1.807, 2.05) is 32.6 Å². The van der Waals surface area contributed by atoms with Crippen LogP contribution in [-0.4, -0.2) is 43.1 Å². The lowest BCUT2D eigenvalue weighted by Crippen LogP contribution is -2.39. The Balaban J connectivity index is 1.72. The molecule has 1 fully saturated rings. The van der Waals surface area contributed by atoms with Crippen LogP contribution in [0.3, 0.4) is 0 Å². The topological polar surface area (TPSA) is 75.3 Å². The molecule has 3 rings (SSSR count). The van der Waals surface area contributed by atoms with E-state index in [-0.39, 0.29) is 11.8 Å². The Morgan fingerprint density at radius 2 is 1.83 bits per heavy atom. The lowest BCUT2D eigenvalue weighted by atomic mass is 9.96. The van der Waals surface area contributed by atoms with E-state index < -0.39 is 0 Å². The first kappa shape index (κ1) is 16.2. The summed E-state index contributed by atoms with van der Waals surface area (Å²) < 4.78 is 0. The highest BCUT2D eigenvalue weighted by molar-refractivity contribution is 5.77. The second kappa shape index (κ2) is 6.86. The van der Waals surface area contributed by atoms with Crippen molar-refractivity contribution in [1.29, 1.82) is 0 Å². The lowest BCUT2D eigenvalue weighted by molar-refractivity contribution is -0.122. The Hall–Kier alpha value is -2.63. The normalized spacial score (nSPS) is 15.3. The highest BCUT2D eigenvalue weighted by Crippen LogP contribution is 2.25. The van der Waals surface area contributed by atoms with E-state index in [1.54, 1.807) is 0 Å². The molecule has 1 amide bonds. The van der Waals surface area contributed by atoms with Crippen molar-refractivity contribution in [2.24, 2.45) is 11.7 Å². The molecule has 0 aliphatic carbocycles. The van der Waals surface area contributed by atoms with Crippen LogP contribution in [0.4, 0.5) is 11.6 Å². The molecular weight excluding hydrogens is 302 g/mol. The second-order valence-electron chi connectivity index (χ2n) is 6.38. The molecule has 0 unspecified atom stereocenters. The molecule has 2 N–H and O–H groups in total. The summed E-state index contributed by atoms with van der Waals surface area (Å²) in [5.74, 6) is 0.492. The number of rotatable bonds is 4. The van der Waals surface area contributed by atoms with Gasteiger partial charge >= 0.3 is 0 Å². The maximum absolute atomic E-state index is 11.2.